The van der Waals surface area contributed by atoms with Crippen LogP contribution in [0.4, 0.5) is 5.69 Å². The van der Waals surface area contributed by atoms with Crippen molar-refractivity contribution in [3.63, 3.8) is 0 Å². The van der Waals surface area contributed by atoms with Crippen LogP contribution in [0, 0.1) is 0 Å². The standard InChI is InChI=1S/C16H13N2.Sn/c1-3-7-14-12(5-1)9-16(10-17-14)11-18-15-8-4-2-6-13(15)16;/h1-10,18H,11H2;. The molecule has 2 unspecified atom stereocenters. The second kappa shape index (κ2) is 4.10. The van der Waals surface area contributed by atoms with E-state index in [4.69, 9.17) is 4.99 Å². The van der Waals surface area contributed by atoms with Crippen LogP contribution in [-0.4, -0.2) is 33.1 Å². The van der Waals surface area contributed by atoms with E-state index >= 15 is 0 Å². The number of hydrogen-bond acceptors (Lipinski definition) is 2. The molecule has 0 fully saturated rings. The molecular formula is C16H13N2Sn. The topological polar surface area (TPSA) is 24.4 Å². The average Bonchev–Trinajstić information content (AvgIpc) is 2.81. The van der Waals surface area contributed by atoms with Crippen LogP contribution in [0.25, 0.3) is 6.08 Å². The van der Waals surface area contributed by atoms with Crippen LogP contribution in [0.3, 0.4) is 0 Å². The molecule has 2 aromatic carbocycles. The summed E-state index contributed by atoms with van der Waals surface area (Å²) in [6.45, 7) is 0.958. The molecule has 2 aliphatic heterocycles. The van der Waals surface area contributed by atoms with Crippen molar-refractivity contribution in [3.05, 3.63) is 64.7 Å². The van der Waals surface area contributed by atoms with Gasteiger partial charge in [-0.05, 0) is 0 Å². The Labute approximate surface area is 125 Å². The first kappa shape index (κ1) is 11.5. The van der Waals surface area contributed by atoms with Crippen LogP contribution in [-0.2, 0) is 5.41 Å². The van der Waals surface area contributed by atoms with Crippen molar-refractivity contribution in [1.29, 1.82) is 0 Å². The van der Waals surface area contributed by atoms with Crippen molar-refractivity contribution < 1.29 is 0 Å². The quantitative estimate of drug-likeness (QED) is 0.702. The molecule has 2 aliphatic rings. The second-order valence-electron chi connectivity index (χ2n) is 5.17. The van der Waals surface area contributed by atoms with Gasteiger partial charge >= 0.3 is 125 Å². The van der Waals surface area contributed by atoms with E-state index in [9.17, 15) is 0 Å². The van der Waals surface area contributed by atoms with Crippen LogP contribution in [0.2, 0.25) is 0 Å². The number of nitrogens with zero attached hydrogens (tertiary/aromatic N) is 1. The van der Waals surface area contributed by atoms with E-state index in [0.717, 1.165) is 11.9 Å². The molecule has 2 nitrogen and oxygen atoms in total. The molecule has 2 aromatic rings. The molecule has 0 aromatic heterocycles. The minimum atomic E-state index is 0.0449. The van der Waals surface area contributed by atoms with E-state index in [1.165, 1.54) is 39.0 Å². The van der Waals surface area contributed by atoms with Crippen molar-refractivity contribution in [2.75, 3.05) is 11.9 Å². The van der Waals surface area contributed by atoms with Crippen LogP contribution in [0.5, 0.6) is 0 Å². The van der Waals surface area contributed by atoms with Gasteiger partial charge < -0.3 is 0 Å². The number of hydrogen-bond donors (Lipinski definition) is 1. The molecule has 1 N–H and O–H groups in total. The molecule has 3 heteroatoms. The molecule has 0 aliphatic carbocycles. The van der Waals surface area contributed by atoms with E-state index in [2.05, 4.69) is 59.9 Å². The van der Waals surface area contributed by atoms with Crippen molar-refractivity contribution in [3.8, 4) is 0 Å². The van der Waals surface area contributed by atoms with Crippen molar-refractivity contribution in [2.24, 2.45) is 4.99 Å². The maximum absolute atomic E-state index is 4.95. The molecule has 3 radical (unpaired) electrons. The predicted molar refractivity (Wildman–Crippen MR) is 77.8 cm³/mol. The fraction of sp³-hybridized carbons (Fsp3) is 0.188. The summed E-state index contributed by atoms with van der Waals surface area (Å²) in [5.74, 6) is 0. The number of benzene rings is 2. The zero-order chi connectivity index (χ0) is 12.9. The normalized spacial score (nSPS) is 26.9. The Morgan fingerprint density at radius 3 is 2.84 bits per heavy atom. The SMILES string of the molecule is [Sn][CH]1N=c2ccccc2=CC12CNc1ccccc12. The van der Waals surface area contributed by atoms with E-state index < -0.39 is 0 Å². The van der Waals surface area contributed by atoms with Gasteiger partial charge in [0.15, 0.2) is 0 Å². The summed E-state index contributed by atoms with van der Waals surface area (Å²) in [5, 5.41) is 5.95. The van der Waals surface area contributed by atoms with E-state index in [1.807, 2.05) is 0 Å². The summed E-state index contributed by atoms with van der Waals surface area (Å²) in [5.41, 5.74) is 2.71. The van der Waals surface area contributed by atoms with Gasteiger partial charge in [-0.1, -0.05) is 0 Å². The zero-order valence-electron chi connectivity index (χ0n) is 10.4. The molecule has 2 heterocycles. The Balaban J connectivity index is 2.02. The van der Waals surface area contributed by atoms with Crippen molar-refractivity contribution in [1.82, 2.24) is 0 Å². The summed E-state index contributed by atoms with van der Waals surface area (Å²) >= 11 is 1.47. The van der Waals surface area contributed by atoms with Crippen LogP contribution < -0.4 is 15.9 Å². The third-order valence-corrected chi connectivity index (χ3v) is 5.94. The predicted octanol–water partition coefficient (Wildman–Crippen LogP) is 0.958. The fourth-order valence-corrected chi connectivity index (χ4v) is 4.46. The van der Waals surface area contributed by atoms with Gasteiger partial charge in [0.25, 0.3) is 0 Å². The van der Waals surface area contributed by atoms with Crippen LogP contribution >= 0.6 is 0 Å². The molecule has 0 saturated carbocycles. The van der Waals surface area contributed by atoms with Gasteiger partial charge in [0, 0.05) is 0 Å². The van der Waals surface area contributed by atoms with Gasteiger partial charge in [-0.25, -0.2) is 0 Å². The van der Waals surface area contributed by atoms with E-state index in [0.29, 0.717) is 4.06 Å². The number of para-hydroxylation sites is 2. The molecule has 0 bridgehead atoms. The maximum atomic E-state index is 4.95. The second-order valence-corrected chi connectivity index (χ2v) is 6.74. The van der Waals surface area contributed by atoms with Gasteiger partial charge in [-0.2, -0.15) is 0 Å². The fourth-order valence-electron chi connectivity index (χ4n) is 3.09. The third kappa shape index (κ3) is 1.59. The van der Waals surface area contributed by atoms with Gasteiger partial charge in [-0.15, -0.1) is 0 Å². The molecule has 0 saturated heterocycles. The minimum absolute atomic E-state index is 0.0449. The average molecular weight is 352 g/mol. The molecule has 19 heavy (non-hydrogen) atoms. The molecule has 4 rings (SSSR count). The molecular weight excluding hydrogens is 339 g/mol. The first-order valence-corrected chi connectivity index (χ1v) is 8.15. The Bertz CT molecular complexity index is 768. The Morgan fingerprint density at radius 2 is 1.89 bits per heavy atom. The first-order valence-electron chi connectivity index (χ1n) is 6.50. The van der Waals surface area contributed by atoms with Gasteiger partial charge in [0.2, 0.25) is 0 Å². The Morgan fingerprint density at radius 1 is 1.11 bits per heavy atom. The summed E-state index contributed by atoms with van der Waals surface area (Å²) < 4.78 is 0.353. The molecule has 91 valence electrons. The third-order valence-electron chi connectivity index (χ3n) is 4.11. The Kier molecular flexibility index (Phi) is 2.49. The number of rotatable bonds is 0. The van der Waals surface area contributed by atoms with Gasteiger partial charge in [0.05, 0.1) is 0 Å². The van der Waals surface area contributed by atoms with Crippen molar-refractivity contribution >= 4 is 34.3 Å². The van der Waals surface area contributed by atoms with Gasteiger partial charge in [0.1, 0.15) is 0 Å². The van der Waals surface area contributed by atoms with Crippen molar-refractivity contribution in [2.45, 2.75) is 9.47 Å². The number of anilines is 1. The summed E-state index contributed by atoms with van der Waals surface area (Å²) in [7, 11) is 0. The zero-order valence-corrected chi connectivity index (χ0v) is 13.3. The van der Waals surface area contributed by atoms with Crippen LogP contribution in [0.15, 0.2) is 53.5 Å². The number of fused-ring (bicyclic) bond motifs is 3. The molecule has 1 spiro atoms. The summed E-state index contributed by atoms with van der Waals surface area (Å²) in [6.07, 6.45) is 2.42. The number of nitrogens with one attached hydrogen (secondary N) is 1. The Hall–Kier alpha value is -1.29. The van der Waals surface area contributed by atoms with Crippen LogP contribution in [0.1, 0.15) is 5.56 Å². The monoisotopic (exact) mass is 353 g/mol. The summed E-state index contributed by atoms with van der Waals surface area (Å²) in [6, 6.07) is 17.1. The van der Waals surface area contributed by atoms with E-state index in [1.54, 1.807) is 0 Å². The first-order chi connectivity index (χ1) is 9.29. The molecule has 2 atom stereocenters. The molecule has 0 amide bonds. The van der Waals surface area contributed by atoms with E-state index in [-0.39, 0.29) is 5.41 Å². The summed E-state index contributed by atoms with van der Waals surface area (Å²) in [4.78, 5) is 4.95. The van der Waals surface area contributed by atoms with Gasteiger partial charge in [-0.3, -0.25) is 0 Å².